The Morgan fingerprint density at radius 2 is 1.43 bits per heavy atom. The minimum Gasteiger partial charge on any atom is -0.325 e. The fourth-order valence-electron chi connectivity index (χ4n) is 1.66. The van der Waals surface area contributed by atoms with Crippen molar-refractivity contribution in [2.75, 3.05) is 10.6 Å². The number of nitrogens with one attached hydrogen (secondary N) is 2. The maximum atomic E-state index is 13.4. The summed E-state index contributed by atoms with van der Waals surface area (Å²) < 4.78 is 14.1. The summed E-state index contributed by atoms with van der Waals surface area (Å²) in [5.74, 6) is -1.60. The van der Waals surface area contributed by atoms with Crippen LogP contribution < -0.4 is 10.6 Å². The Kier molecular flexibility index (Phi) is 5.05. The first kappa shape index (κ1) is 15.2. The molecule has 2 amide bonds. The highest BCUT2D eigenvalue weighted by Gasteiger charge is 2.12. The molecule has 0 bridgehead atoms. The molecule has 0 spiro atoms. The number of amides is 2. The summed E-state index contributed by atoms with van der Waals surface area (Å²) in [7, 11) is 0. The topological polar surface area (TPSA) is 58.2 Å². The number of para-hydroxylation sites is 2. The van der Waals surface area contributed by atoms with Gasteiger partial charge in [-0.1, -0.05) is 24.3 Å². The fraction of sp³-hybridized carbons (Fsp3) is 0.0667. The molecule has 108 valence electrons. The third-order valence-corrected chi connectivity index (χ3v) is 3.31. The molecule has 2 rings (SSSR count). The summed E-state index contributed by atoms with van der Waals surface area (Å²) in [6.07, 6.45) is -0.393. The Hall–Kier alpha value is -2.21. The van der Waals surface area contributed by atoms with Crippen LogP contribution in [0.15, 0.2) is 53.0 Å². The Bertz CT molecular complexity index is 619. The van der Waals surface area contributed by atoms with Crippen molar-refractivity contribution in [3.8, 4) is 0 Å². The molecule has 0 saturated heterocycles. The maximum absolute atomic E-state index is 13.4. The van der Waals surface area contributed by atoms with Crippen LogP contribution in [-0.2, 0) is 9.59 Å². The van der Waals surface area contributed by atoms with Crippen molar-refractivity contribution < 1.29 is 14.0 Å². The Morgan fingerprint density at radius 3 is 2.05 bits per heavy atom. The van der Waals surface area contributed by atoms with Crippen molar-refractivity contribution in [2.24, 2.45) is 0 Å². The molecule has 0 unspecified atom stereocenters. The van der Waals surface area contributed by atoms with Crippen LogP contribution in [0.4, 0.5) is 15.8 Å². The van der Waals surface area contributed by atoms with E-state index in [1.54, 1.807) is 24.3 Å². The quantitative estimate of drug-likeness (QED) is 0.828. The average molecular weight is 351 g/mol. The van der Waals surface area contributed by atoms with E-state index < -0.39 is 24.1 Å². The van der Waals surface area contributed by atoms with E-state index in [0.717, 1.165) is 0 Å². The number of carbonyl (C=O) groups excluding carboxylic acids is 2. The summed E-state index contributed by atoms with van der Waals surface area (Å²) >= 11 is 3.29. The lowest BCUT2D eigenvalue weighted by Gasteiger charge is -2.08. The third-order valence-electron chi connectivity index (χ3n) is 2.62. The lowest BCUT2D eigenvalue weighted by molar-refractivity contribution is -0.123. The van der Waals surface area contributed by atoms with Crippen LogP contribution in [-0.4, -0.2) is 11.8 Å². The van der Waals surface area contributed by atoms with Crippen LogP contribution in [0.25, 0.3) is 0 Å². The molecule has 0 saturated carbocycles. The van der Waals surface area contributed by atoms with E-state index in [1.807, 2.05) is 6.07 Å². The van der Waals surface area contributed by atoms with Crippen LogP contribution in [0.1, 0.15) is 6.42 Å². The van der Waals surface area contributed by atoms with Crippen LogP contribution >= 0.6 is 15.9 Å². The molecule has 0 radical (unpaired) electrons. The second kappa shape index (κ2) is 6.99. The van der Waals surface area contributed by atoms with Crippen molar-refractivity contribution in [3.05, 3.63) is 58.8 Å². The van der Waals surface area contributed by atoms with Crippen LogP contribution in [0.2, 0.25) is 0 Å². The first-order valence-electron chi connectivity index (χ1n) is 6.15. The standard InChI is InChI=1S/C15H12BrFN2O2/c16-10-5-1-3-7-12(10)18-14(20)9-15(21)19-13-8-4-2-6-11(13)17/h1-8H,9H2,(H,18,20)(H,19,21). The average Bonchev–Trinajstić information content (AvgIpc) is 2.44. The lowest BCUT2D eigenvalue weighted by atomic mass is 10.2. The van der Waals surface area contributed by atoms with Gasteiger partial charge < -0.3 is 10.6 Å². The highest BCUT2D eigenvalue weighted by Crippen LogP contribution is 2.21. The summed E-state index contributed by atoms with van der Waals surface area (Å²) in [6.45, 7) is 0. The number of halogens is 2. The molecule has 0 aromatic heterocycles. The molecule has 21 heavy (non-hydrogen) atoms. The number of rotatable bonds is 4. The SMILES string of the molecule is O=C(CC(=O)Nc1ccccc1Br)Nc1ccccc1F. The third kappa shape index (κ3) is 4.39. The molecule has 0 aliphatic carbocycles. The summed E-state index contributed by atoms with van der Waals surface area (Å²) in [5.41, 5.74) is 0.623. The van der Waals surface area contributed by atoms with Gasteiger partial charge in [0.05, 0.1) is 11.4 Å². The number of hydrogen-bond acceptors (Lipinski definition) is 2. The first-order valence-corrected chi connectivity index (χ1v) is 6.94. The fourth-order valence-corrected chi connectivity index (χ4v) is 2.04. The lowest BCUT2D eigenvalue weighted by Crippen LogP contribution is -2.22. The van der Waals surface area contributed by atoms with E-state index in [4.69, 9.17) is 0 Å². The van der Waals surface area contributed by atoms with Gasteiger partial charge >= 0.3 is 0 Å². The smallest absolute Gasteiger partial charge is 0.233 e. The minimum atomic E-state index is -0.579. The van der Waals surface area contributed by atoms with Crippen molar-refractivity contribution >= 4 is 39.1 Å². The van der Waals surface area contributed by atoms with Gasteiger partial charge in [0, 0.05) is 4.47 Å². The number of benzene rings is 2. The van der Waals surface area contributed by atoms with E-state index >= 15 is 0 Å². The maximum Gasteiger partial charge on any atom is 0.233 e. The Morgan fingerprint density at radius 1 is 0.905 bits per heavy atom. The Labute approximate surface area is 129 Å². The molecule has 0 aliphatic rings. The molecule has 0 aliphatic heterocycles. The zero-order valence-electron chi connectivity index (χ0n) is 10.9. The molecule has 2 aromatic rings. The van der Waals surface area contributed by atoms with Crippen LogP contribution in [0, 0.1) is 5.82 Å². The van der Waals surface area contributed by atoms with Gasteiger partial charge in [0.15, 0.2) is 0 Å². The van der Waals surface area contributed by atoms with E-state index in [-0.39, 0.29) is 5.69 Å². The minimum absolute atomic E-state index is 0.0520. The molecule has 2 aromatic carbocycles. The molecule has 4 nitrogen and oxygen atoms in total. The van der Waals surface area contributed by atoms with Crippen molar-refractivity contribution in [3.63, 3.8) is 0 Å². The van der Waals surface area contributed by atoms with Crippen molar-refractivity contribution in [1.82, 2.24) is 0 Å². The molecule has 0 heterocycles. The van der Waals surface area contributed by atoms with Gasteiger partial charge in [-0.15, -0.1) is 0 Å². The van der Waals surface area contributed by atoms with Gasteiger partial charge in [0.2, 0.25) is 11.8 Å². The van der Waals surface area contributed by atoms with Gasteiger partial charge in [-0.3, -0.25) is 9.59 Å². The number of carbonyl (C=O) groups is 2. The number of hydrogen-bond donors (Lipinski definition) is 2. The predicted molar refractivity (Wildman–Crippen MR) is 82.4 cm³/mol. The van der Waals surface area contributed by atoms with Crippen molar-refractivity contribution in [2.45, 2.75) is 6.42 Å². The van der Waals surface area contributed by atoms with Gasteiger partial charge in [-0.25, -0.2) is 4.39 Å². The molecular formula is C15H12BrFN2O2. The highest BCUT2D eigenvalue weighted by molar-refractivity contribution is 9.10. The number of anilines is 2. The zero-order chi connectivity index (χ0) is 15.2. The van der Waals surface area contributed by atoms with E-state index in [1.165, 1.54) is 18.2 Å². The second-order valence-electron chi connectivity index (χ2n) is 4.23. The molecular weight excluding hydrogens is 339 g/mol. The normalized spacial score (nSPS) is 10.0. The van der Waals surface area contributed by atoms with Crippen LogP contribution in [0.5, 0.6) is 0 Å². The monoisotopic (exact) mass is 350 g/mol. The molecule has 2 N–H and O–H groups in total. The van der Waals surface area contributed by atoms with E-state index in [9.17, 15) is 14.0 Å². The summed E-state index contributed by atoms with van der Waals surface area (Å²) in [6, 6.07) is 12.8. The molecule has 0 fully saturated rings. The van der Waals surface area contributed by atoms with Crippen LogP contribution in [0.3, 0.4) is 0 Å². The molecule has 0 atom stereocenters. The summed E-state index contributed by atoms with van der Waals surface area (Å²) in [4.78, 5) is 23.5. The first-order chi connectivity index (χ1) is 10.1. The van der Waals surface area contributed by atoms with E-state index in [0.29, 0.717) is 10.2 Å². The van der Waals surface area contributed by atoms with Gasteiger partial charge in [0.1, 0.15) is 12.2 Å². The van der Waals surface area contributed by atoms with E-state index in [2.05, 4.69) is 26.6 Å². The molecule has 6 heteroatoms. The largest absolute Gasteiger partial charge is 0.325 e. The second-order valence-corrected chi connectivity index (χ2v) is 5.09. The van der Waals surface area contributed by atoms with Gasteiger partial charge in [-0.05, 0) is 40.2 Å². The van der Waals surface area contributed by atoms with Crippen molar-refractivity contribution in [1.29, 1.82) is 0 Å². The Balaban J connectivity index is 1.93. The zero-order valence-corrected chi connectivity index (χ0v) is 12.5. The highest BCUT2D eigenvalue weighted by atomic mass is 79.9. The van der Waals surface area contributed by atoms with Gasteiger partial charge in [0.25, 0.3) is 0 Å². The predicted octanol–water partition coefficient (Wildman–Crippen LogP) is 3.56. The summed E-state index contributed by atoms with van der Waals surface area (Å²) in [5, 5.41) is 4.96. The van der Waals surface area contributed by atoms with Gasteiger partial charge in [-0.2, -0.15) is 0 Å².